The summed E-state index contributed by atoms with van der Waals surface area (Å²) < 4.78 is 5.46. The van der Waals surface area contributed by atoms with Crippen LogP contribution in [0, 0.1) is 11.3 Å². The second kappa shape index (κ2) is 7.35. The van der Waals surface area contributed by atoms with Gasteiger partial charge in [-0.25, -0.2) is 0 Å². The zero-order valence-electron chi connectivity index (χ0n) is 13.1. The van der Waals surface area contributed by atoms with E-state index in [-0.39, 0.29) is 11.4 Å². The highest BCUT2D eigenvalue weighted by molar-refractivity contribution is 7.99. The van der Waals surface area contributed by atoms with Crippen LogP contribution in [0.15, 0.2) is 24.3 Å². The van der Waals surface area contributed by atoms with Gasteiger partial charge in [-0.05, 0) is 36.4 Å². The normalized spacial score (nSPS) is 25.0. The van der Waals surface area contributed by atoms with E-state index in [0.29, 0.717) is 17.7 Å². The quantitative estimate of drug-likeness (QED) is 0.906. The van der Waals surface area contributed by atoms with Gasteiger partial charge in [0, 0.05) is 36.5 Å². The zero-order chi connectivity index (χ0) is 16.1. The van der Waals surface area contributed by atoms with Gasteiger partial charge in [-0.3, -0.25) is 9.69 Å². The third-order valence-electron chi connectivity index (χ3n) is 4.62. The molecule has 23 heavy (non-hydrogen) atoms. The number of carbonyl (C=O) groups excluding carboxylic acids is 1. The van der Waals surface area contributed by atoms with Crippen molar-refractivity contribution >= 4 is 17.7 Å². The lowest BCUT2D eigenvalue weighted by Gasteiger charge is -2.43. The fourth-order valence-electron chi connectivity index (χ4n) is 3.18. The van der Waals surface area contributed by atoms with Crippen LogP contribution in [0.1, 0.15) is 22.3 Å². The van der Waals surface area contributed by atoms with Gasteiger partial charge in [-0.15, -0.1) is 0 Å². The number of thioether (sulfide) groups is 1. The molecular weight excluding hydrogens is 310 g/mol. The van der Waals surface area contributed by atoms with E-state index in [0.717, 1.165) is 44.2 Å². The van der Waals surface area contributed by atoms with Crippen LogP contribution in [-0.2, 0) is 4.74 Å². The first-order valence-corrected chi connectivity index (χ1v) is 9.08. The molecule has 0 bridgehead atoms. The van der Waals surface area contributed by atoms with Gasteiger partial charge in [0.15, 0.2) is 0 Å². The van der Waals surface area contributed by atoms with E-state index in [1.54, 1.807) is 24.3 Å². The summed E-state index contributed by atoms with van der Waals surface area (Å²) in [5, 5.41) is 11.9. The molecule has 2 fully saturated rings. The van der Waals surface area contributed by atoms with E-state index in [1.807, 2.05) is 11.8 Å². The topological polar surface area (TPSA) is 65.4 Å². The third kappa shape index (κ3) is 3.69. The number of ether oxygens (including phenoxy) is 1. The zero-order valence-corrected chi connectivity index (χ0v) is 13.9. The molecule has 0 saturated carbocycles. The number of rotatable bonds is 4. The molecule has 122 valence electrons. The molecule has 0 radical (unpaired) electrons. The minimum absolute atomic E-state index is 0.0523. The second-order valence-corrected chi connectivity index (χ2v) is 7.10. The van der Waals surface area contributed by atoms with E-state index in [4.69, 9.17) is 10.00 Å². The predicted molar refractivity (Wildman–Crippen MR) is 90.6 cm³/mol. The van der Waals surface area contributed by atoms with Crippen LogP contribution >= 0.6 is 11.8 Å². The molecular formula is C17H21N3O2S. The van der Waals surface area contributed by atoms with Crippen LogP contribution in [0.4, 0.5) is 0 Å². The minimum Gasteiger partial charge on any atom is -0.379 e. The summed E-state index contributed by atoms with van der Waals surface area (Å²) in [7, 11) is 0. The highest BCUT2D eigenvalue weighted by atomic mass is 32.2. The molecule has 1 N–H and O–H groups in total. The first-order valence-electron chi connectivity index (χ1n) is 7.92. The van der Waals surface area contributed by atoms with E-state index in [9.17, 15) is 4.79 Å². The standard InChI is InChI=1S/C17H21N3O2S/c18-11-14-1-3-15(4-2-14)16(21)19-12-17(5-10-23-13-17)20-6-8-22-9-7-20/h1-4H,5-10,12-13H2,(H,19,21)/t17-/m1/s1. The van der Waals surface area contributed by atoms with Gasteiger partial charge in [0.25, 0.3) is 5.91 Å². The van der Waals surface area contributed by atoms with Crippen molar-refractivity contribution in [1.82, 2.24) is 10.2 Å². The monoisotopic (exact) mass is 331 g/mol. The summed E-state index contributed by atoms with van der Waals surface area (Å²) in [5.74, 6) is 2.13. The summed E-state index contributed by atoms with van der Waals surface area (Å²) in [4.78, 5) is 14.9. The average molecular weight is 331 g/mol. The van der Waals surface area contributed by atoms with E-state index < -0.39 is 0 Å². The Bertz CT molecular complexity index is 585. The van der Waals surface area contributed by atoms with Crippen molar-refractivity contribution in [2.45, 2.75) is 12.0 Å². The highest BCUT2D eigenvalue weighted by Crippen LogP contribution is 2.33. The molecule has 1 atom stereocenters. The maximum atomic E-state index is 12.4. The van der Waals surface area contributed by atoms with E-state index in [1.165, 1.54) is 0 Å². The summed E-state index contributed by atoms with van der Waals surface area (Å²) >= 11 is 1.96. The molecule has 0 unspecified atom stereocenters. The number of hydrogen-bond acceptors (Lipinski definition) is 5. The number of nitriles is 1. The van der Waals surface area contributed by atoms with Gasteiger partial charge in [-0.2, -0.15) is 17.0 Å². The van der Waals surface area contributed by atoms with Gasteiger partial charge in [0.2, 0.25) is 0 Å². The van der Waals surface area contributed by atoms with Crippen molar-refractivity contribution in [3.63, 3.8) is 0 Å². The molecule has 1 amide bonds. The Labute approximate surface area is 141 Å². The van der Waals surface area contributed by atoms with Crippen molar-refractivity contribution in [2.24, 2.45) is 0 Å². The average Bonchev–Trinajstić information content (AvgIpc) is 3.11. The highest BCUT2D eigenvalue weighted by Gasteiger charge is 2.40. The Morgan fingerprint density at radius 1 is 1.35 bits per heavy atom. The number of amides is 1. The fraction of sp³-hybridized carbons (Fsp3) is 0.529. The first-order chi connectivity index (χ1) is 11.2. The third-order valence-corrected chi connectivity index (χ3v) is 5.85. The summed E-state index contributed by atoms with van der Waals surface area (Å²) in [6.07, 6.45) is 1.10. The van der Waals surface area contributed by atoms with Gasteiger partial charge in [0.05, 0.1) is 24.8 Å². The molecule has 2 saturated heterocycles. The Balaban J connectivity index is 1.64. The van der Waals surface area contributed by atoms with Gasteiger partial charge in [0.1, 0.15) is 0 Å². The molecule has 1 aromatic rings. The number of morpholine rings is 1. The van der Waals surface area contributed by atoms with Crippen molar-refractivity contribution in [2.75, 3.05) is 44.4 Å². The van der Waals surface area contributed by atoms with Gasteiger partial charge in [-0.1, -0.05) is 0 Å². The summed E-state index contributed by atoms with van der Waals surface area (Å²) in [6, 6.07) is 8.84. The summed E-state index contributed by atoms with van der Waals surface area (Å²) in [6.45, 7) is 4.09. The molecule has 6 heteroatoms. The second-order valence-electron chi connectivity index (χ2n) is 6.00. The van der Waals surface area contributed by atoms with Crippen LogP contribution in [-0.4, -0.2) is 60.7 Å². The fourth-order valence-corrected chi connectivity index (χ4v) is 4.66. The Hall–Kier alpha value is -1.55. The summed E-state index contributed by atoms with van der Waals surface area (Å²) in [5.41, 5.74) is 1.22. The lowest BCUT2D eigenvalue weighted by molar-refractivity contribution is -0.0129. The molecule has 2 heterocycles. The lowest BCUT2D eigenvalue weighted by Crippen LogP contribution is -2.59. The number of nitrogens with one attached hydrogen (secondary N) is 1. The lowest BCUT2D eigenvalue weighted by atomic mass is 9.95. The van der Waals surface area contributed by atoms with Gasteiger partial charge >= 0.3 is 0 Å². The van der Waals surface area contributed by atoms with Gasteiger partial charge < -0.3 is 10.1 Å². The van der Waals surface area contributed by atoms with E-state index >= 15 is 0 Å². The van der Waals surface area contributed by atoms with Crippen molar-refractivity contribution in [3.8, 4) is 6.07 Å². The van der Waals surface area contributed by atoms with Crippen molar-refractivity contribution in [1.29, 1.82) is 5.26 Å². The molecule has 3 rings (SSSR count). The Morgan fingerprint density at radius 2 is 2.09 bits per heavy atom. The van der Waals surface area contributed by atoms with Crippen molar-refractivity contribution in [3.05, 3.63) is 35.4 Å². The molecule has 1 aromatic carbocycles. The minimum atomic E-state index is -0.0703. The maximum Gasteiger partial charge on any atom is 0.251 e. The molecule has 0 aromatic heterocycles. The number of hydrogen-bond donors (Lipinski definition) is 1. The first kappa shape index (κ1) is 16.3. The molecule has 2 aliphatic rings. The Morgan fingerprint density at radius 3 is 2.70 bits per heavy atom. The molecule has 0 aliphatic carbocycles. The maximum absolute atomic E-state index is 12.4. The molecule has 5 nitrogen and oxygen atoms in total. The molecule has 2 aliphatic heterocycles. The number of carbonyl (C=O) groups is 1. The van der Waals surface area contributed by atoms with Crippen LogP contribution in [0.3, 0.4) is 0 Å². The van der Waals surface area contributed by atoms with Crippen LogP contribution in [0.2, 0.25) is 0 Å². The number of benzene rings is 1. The Kier molecular flexibility index (Phi) is 5.21. The largest absolute Gasteiger partial charge is 0.379 e. The SMILES string of the molecule is N#Cc1ccc(C(=O)NC[C@]2(N3CCOCC3)CCSC2)cc1. The van der Waals surface area contributed by atoms with Crippen LogP contribution in [0.5, 0.6) is 0 Å². The molecule has 0 spiro atoms. The van der Waals surface area contributed by atoms with E-state index in [2.05, 4.69) is 16.3 Å². The predicted octanol–water partition coefficient (Wildman–Crippen LogP) is 1.50. The number of nitrogens with zero attached hydrogens (tertiary/aromatic N) is 2. The smallest absolute Gasteiger partial charge is 0.251 e. The van der Waals surface area contributed by atoms with Crippen molar-refractivity contribution < 1.29 is 9.53 Å². The van der Waals surface area contributed by atoms with Crippen LogP contribution < -0.4 is 5.32 Å². The van der Waals surface area contributed by atoms with Crippen LogP contribution in [0.25, 0.3) is 0 Å².